The number of nitrogens with zero attached hydrogens (tertiary/aromatic N) is 3. The molecule has 0 amide bonds. The van der Waals surface area contributed by atoms with Gasteiger partial charge < -0.3 is 9.67 Å². The lowest BCUT2D eigenvalue weighted by molar-refractivity contribution is 0.407. The first-order chi connectivity index (χ1) is 11.8. The third-order valence-electron chi connectivity index (χ3n) is 3.71. The van der Waals surface area contributed by atoms with Gasteiger partial charge in [-0.1, -0.05) is 18.2 Å². The highest BCUT2D eigenvalue weighted by molar-refractivity contribution is 5.95. The van der Waals surface area contributed by atoms with E-state index in [1.54, 1.807) is 28.8 Å². The number of aromatic hydroxyl groups is 1. The average Bonchev–Trinajstić information content (AvgIpc) is 2.85. The lowest BCUT2D eigenvalue weighted by Gasteiger charge is -2.10. The summed E-state index contributed by atoms with van der Waals surface area (Å²) in [6.45, 7) is 3.66. The van der Waals surface area contributed by atoms with E-state index in [9.17, 15) is 22.7 Å². The quantitative estimate of drug-likeness (QED) is 0.356. The van der Waals surface area contributed by atoms with Crippen LogP contribution < -0.4 is 0 Å². The van der Waals surface area contributed by atoms with Crippen molar-refractivity contribution in [3.63, 3.8) is 0 Å². The van der Waals surface area contributed by atoms with Crippen molar-refractivity contribution in [1.82, 2.24) is 4.57 Å². The Morgan fingerprint density at radius 1 is 0.920 bits per heavy atom. The van der Waals surface area contributed by atoms with Gasteiger partial charge in [-0.05, 0) is 19.9 Å². The molecule has 0 aliphatic carbocycles. The predicted molar refractivity (Wildman–Crippen MR) is 84.4 cm³/mol. The molecule has 2 aromatic carbocycles. The molecule has 0 spiro atoms. The van der Waals surface area contributed by atoms with Crippen LogP contribution in [0.1, 0.15) is 19.9 Å². The fourth-order valence-electron chi connectivity index (χ4n) is 2.60. The highest BCUT2D eigenvalue weighted by Crippen LogP contribution is 2.41. The van der Waals surface area contributed by atoms with Crippen LogP contribution in [0.25, 0.3) is 10.9 Å². The standard InChI is InChI=1S/C17H13F4N3O/c1-8(2)24-12-6-4-3-5-9(12)15(17(24)25)22-23-16-13(20)10(18)7-11(19)14(16)21/h3-8,25H,1-2H3. The third-order valence-corrected chi connectivity index (χ3v) is 3.71. The van der Waals surface area contributed by atoms with Crippen molar-refractivity contribution >= 4 is 22.3 Å². The van der Waals surface area contributed by atoms with Crippen molar-refractivity contribution in [3.05, 3.63) is 53.6 Å². The molecule has 4 nitrogen and oxygen atoms in total. The Labute approximate surface area is 140 Å². The number of rotatable bonds is 3. The number of fused-ring (bicyclic) bond motifs is 1. The molecule has 0 saturated carbocycles. The van der Waals surface area contributed by atoms with E-state index in [0.29, 0.717) is 10.9 Å². The van der Waals surface area contributed by atoms with Gasteiger partial charge in [0.15, 0.2) is 34.6 Å². The SMILES string of the molecule is CC(C)n1c(O)c(N=Nc2c(F)c(F)cc(F)c2F)c2ccccc21. The lowest BCUT2D eigenvalue weighted by Crippen LogP contribution is -1.98. The second kappa shape index (κ2) is 6.19. The number of aromatic nitrogens is 1. The molecule has 0 saturated heterocycles. The summed E-state index contributed by atoms with van der Waals surface area (Å²) in [6, 6.07) is 6.77. The van der Waals surface area contributed by atoms with Crippen LogP contribution in [-0.4, -0.2) is 9.67 Å². The molecule has 3 rings (SSSR count). The minimum Gasteiger partial charge on any atom is -0.493 e. The van der Waals surface area contributed by atoms with E-state index in [4.69, 9.17) is 0 Å². The van der Waals surface area contributed by atoms with Gasteiger partial charge in [0.25, 0.3) is 0 Å². The van der Waals surface area contributed by atoms with Gasteiger partial charge >= 0.3 is 0 Å². The monoisotopic (exact) mass is 351 g/mol. The maximum absolute atomic E-state index is 13.7. The number of azo groups is 1. The zero-order chi connectivity index (χ0) is 18.3. The summed E-state index contributed by atoms with van der Waals surface area (Å²) in [5.41, 5.74) is -0.610. The Morgan fingerprint density at radius 2 is 1.48 bits per heavy atom. The molecular formula is C17H13F4N3O. The zero-order valence-corrected chi connectivity index (χ0v) is 13.3. The summed E-state index contributed by atoms with van der Waals surface area (Å²) in [5, 5.41) is 17.8. The van der Waals surface area contributed by atoms with Crippen LogP contribution in [-0.2, 0) is 0 Å². The largest absolute Gasteiger partial charge is 0.493 e. The smallest absolute Gasteiger partial charge is 0.221 e. The molecular weight excluding hydrogens is 338 g/mol. The van der Waals surface area contributed by atoms with Gasteiger partial charge in [0.05, 0.1) is 5.52 Å². The second-order valence-electron chi connectivity index (χ2n) is 5.67. The van der Waals surface area contributed by atoms with Crippen LogP contribution in [0.5, 0.6) is 5.88 Å². The Kier molecular flexibility index (Phi) is 4.20. The van der Waals surface area contributed by atoms with Gasteiger partial charge in [0, 0.05) is 17.5 Å². The molecule has 0 aliphatic heterocycles. The lowest BCUT2D eigenvalue weighted by atomic mass is 10.2. The van der Waals surface area contributed by atoms with Crippen molar-refractivity contribution in [2.45, 2.75) is 19.9 Å². The topological polar surface area (TPSA) is 49.9 Å². The van der Waals surface area contributed by atoms with Gasteiger partial charge in [0.2, 0.25) is 5.88 Å². The summed E-state index contributed by atoms with van der Waals surface area (Å²) < 4.78 is 55.4. The van der Waals surface area contributed by atoms with Crippen LogP contribution in [0.2, 0.25) is 0 Å². The summed E-state index contributed by atoms with van der Waals surface area (Å²) in [4.78, 5) is 0. The summed E-state index contributed by atoms with van der Waals surface area (Å²) in [6.07, 6.45) is 0. The van der Waals surface area contributed by atoms with Crippen molar-refractivity contribution in [1.29, 1.82) is 0 Å². The van der Waals surface area contributed by atoms with Crippen molar-refractivity contribution in [3.8, 4) is 5.88 Å². The van der Waals surface area contributed by atoms with E-state index in [0.717, 1.165) is 0 Å². The van der Waals surface area contributed by atoms with Crippen LogP contribution in [0.15, 0.2) is 40.6 Å². The van der Waals surface area contributed by atoms with Crippen LogP contribution in [0.4, 0.5) is 28.9 Å². The maximum Gasteiger partial charge on any atom is 0.221 e. The number of hydrogen-bond donors (Lipinski definition) is 1. The molecule has 0 aliphatic rings. The molecule has 0 radical (unpaired) electrons. The van der Waals surface area contributed by atoms with Gasteiger partial charge in [-0.25, -0.2) is 17.6 Å². The minimum absolute atomic E-state index is 0.0484. The molecule has 1 aromatic heterocycles. The van der Waals surface area contributed by atoms with E-state index in [1.165, 1.54) is 0 Å². The molecule has 0 atom stereocenters. The Hall–Kier alpha value is -2.90. The molecule has 8 heteroatoms. The molecule has 0 fully saturated rings. The molecule has 1 heterocycles. The molecule has 1 N–H and O–H groups in total. The fourth-order valence-corrected chi connectivity index (χ4v) is 2.60. The first-order valence-electron chi connectivity index (χ1n) is 7.39. The second-order valence-corrected chi connectivity index (χ2v) is 5.67. The molecule has 0 bridgehead atoms. The summed E-state index contributed by atoms with van der Waals surface area (Å²) in [5.74, 6) is -6.74. The van der Waals surface area contributed by atoms with Crippen LogP contribution >= 0.6 is 0 Å². The Balaban J connectivity index is 2.20. The number of benzene rings is 2. The first kappa shape index (κ1) is 16.9. The first-order valence-corrected chi connectivity index (χ1v) is 7.39. The molecule has 0 unspecified atom stereocenters. The highest BCUT2D eigenvalue weighted by atomic mass is 19.2. The number of para-hydroxylation sites is 1. The van der Waals surface area contributed by atoms with Gasteiger partial charge in [-0.3, -0.25) is 0 Å². The van der Waals surface area contributed by atoms with Gasteiger partial charge in [0.1, 0.15) is 0 Å². The van der Waals surface area contributed by atoms with E-state index < -0.39 is 29.0 Å². The van der Waals surface area contributed by atoms with E-state index in [1.807, 2.05) is 13.8 Å². The van der Waals surface area contributed by atoms with Crippen molar-refractivity contribution < 1.29 is 22.7 Å². The predicted octanol–water partition coefficient (Wildman–Crippen LogP) is 5.90. The molecule has 130 valence electrons. The van der Waals surface area contributed by atoms with Gasteiger partial charge in [-0.15, -0.1) is 10.2 Å². The van der Waals surface area contributed by atoms with E-state index >= 15 is 0 Å². The van der Waals surface area contributed by atoms with Crippen molar-refractivity contribution in [2.24, 2.45) is 10.2 Å². The van der Waals surface area contributed by atoms with Crippen molar-refractivity contribution in [2.75, 3.05) is 0 Å². The van der Waals surface area contributed by atoms with E-state index in [2.05, 4.69) is 10.2 Å². The Morgan fingerprint density at radius 3 is 2.08 bits per heavy atom. The van der Waals surface area contributed by atoms with E-state index in [-0.39, 0.29) is 23.7 Å². The Bertz CT molecular complexity index is 969. The summed E-state index contributed by atoms with van der Waals surface area (Å²) in [7, 11) is 0. The third kappa shape index (κ3) is 2.73. The fraction of sp³-hybridized carbons (Fsp3) is 0.176. The maximum atomic E-state index is 13.7. The molecule has 3 aromatic rings. The zero-order valence-electron chi connectivity index (χ0n) is 13.3. The minimum atomic E-state index is -1.66. The summed E-state index contributed by atoms with van der Waals surface area (Å²) >= 11 is 0. The number of halogens is 4. The number of hydrogen-bond acceptors (Lipinski definition) is 3. The average molecular weight is 351 g/mol. The van der Waals surface area contributed by atoms with Crippen LogP contribution in [0, 0.1) is 23.3 Å². The molecule has 25 heavy (non-hydrogen) atoms. The van der Waals surface area contributed by atoms with Gasteiger partial charge in [-0.2, -0.15) is 0 Å². The van der Waals surface area contributed by atoms with Crippen LogP contribution in [0.3, 0.4) is 0 Å². The normalized spacial score (nSPS) is 12.0. The highest BCUT2D eigenvalue weighted by Gasteiger charge is 2.21.